The van der Waals surface area contributed by atoms with Crippen LogP contribution >= 0.6 is 0 Å². The van der Waals surface area contributed by atoms with Crippen molar-refractivity contribution in [2.75, 3.05) is 0 Å². The molecule has 0 aromatic carbocycles. The monoisotopic (exact) mass is 366 g/mol. The van der Waals surface area contributed by atoms with E-state index in [1.54, 1.807) is 13.8 Å². The van der Waals surface area contributed by atoms with Gasteiger partial charge in [-0.05, 0) is 75.2 Å². The molecule has 2 aliphatic rings. The molecule has 0 unspecified atom stereocenters. The smallest absolute Gasteiger partial charge is 0.306 e. The number of carbonyl (C=O) groups is 1. The predicted octanol–water partition coefficient (Wildman–Crippen LogP) is 4.56. The second kappa shape index (κ2) is 11.6. The maximum atomic E-state index is 9.94. The fourth-order valence-electron chi connectivity index (χ4n) is 3.88. The molecule has 0 amide bonds. The van der Waals surface area contributed by atoms with Crippen LogP contribution in [0.2, 0.25) is 0 Å². The molecule has 0 spiro atoms. The van der Waals surface area contributed by atoms with Gasteiger partial charge in [-0.25, -0.2) is 0 Å². The van der Waals surface area contributed by atoms with Gasteiger partial charge in [-0.15, -0.1) is 0 Å². The lowest BCUT2D eigenvalue weighted by Gasteiger charge is -2.37. The van der Waals surface area contributed by atoms with Gasteiger partial charge in [0.15, 0.2) is 0 Å². The minimum absolute atomic E-state index is 0.181. The number of hydrogen-bond acceptors (Lipinski definition) is 3. The molecule has 26 heavy (non-hydrogen) atoms. The number of allylic oxidation sites excluding steroid dienone is 4. The minimum Gasteiger partial charge on any atom is -0.481 e. The van der Waals surface area contributed by atoms with Crippen molar-refractivity contribution in [3.05, 3.63) is 23.8 Å². The first-order valence-electron chi connectivity index (χ1n) is 10.2. The first kappa shape index (κ1) is 22.9. The van der Waals surface area contributed by atoms with Crippen LogP contribution in [-0.2, 0) is 4.79 Å². The number of fused-ring (bicyclic) bond motifs is 1. The van der Waals surface area contributed by atoms with Gasteiger partial charge in [0.05, 0.1) is 18.1 Å². The molecule has 0 aromatic heterocycles. The van der Waals surface area contributed by atoms with E-state index in [0.29, 0.717) is 24.2 Å². The number of carboxylic acids is 1. The Balaban J connectivity index is 0.000000412. The van der Waals surface area contributed by atoms with E-state index in [1.165, 1.54) is 24.8 Å². The van der Waals surface area contributed by atoms with Gasteiger partial charge in [0.25, 0.3) is 0 Å². The van der Waals surface area contributed by atoms with Crippen LogP contribution in [0.5, 0.6) is 0 Å². The molecule has 0 heterocycles. The molecule has 0 saturated carbocycles. The highest BCUT2D eigenvalue weighted by Gasteiger charge is 2.31. The SMILES string of the molecule is CC[C@H](C)C(=O)O.C[C@H](O)C[C@@H](O)CC[C@H]1[C@@H](C)C=CC2=CCCC[C@@H]21. The normalized spacial score (nSPS) is 28.1. The van der Waals surface area contributed by atoms with Gasteiger partial charge in [-0.2, -0.15) is 0 Å². The summed E-state index contributed by atoms with van der Waals surface area (Å²) in [7, 11) is 0. The summed E-state index contributed by atoms with van der Waals surface area (Å²) >= 11 is 0. The van der Waals surface area contributed by atoms with Crippen LogP contribution in [0.4, 0.5) is 0 Å². The van der Waals surface area contributed by atoms with Crippen molar-refractivity contribution in [1.82, 2.24) is 0 Å². The molecule has 0 bridgehead atoms. The minimum atomic E-state index is -0.706. The third-order valence-electron chi connectivity index (χ3n) is 5.79. The van der Waals surface area contributed by atoms with Crippen LogP contribution in [0.25, 0.3) is 0 Å². The summed E-state index contributed by atoms with van der Waals surface area (Å²) in [4.78, 5) is 9.93. The molecule has 2 aliphatic carbocycles. The van der Waals surface area contributed by atoms with E-state index in [4.69, 9.17) is 5.11 Å². The number of carboxylic acid groups (broad SMARTS) is 1. The molecular formula is C22H38O4. The van der Waals surface area contributed by atoms with E-state index in [9.17, 15) is 15.0 Å². The Kier molecular flexibility index (Phi) is 10.2. The van der Waals surface area contributed by atoms with Crippen LogP contribution in [0.15, 0.2) is 23.8 Å². The van der Waals surface area contributed by atoms with Crippen molar-refractivity contribution in [1.29, 1.82) is 0 Å². The predicted molar refractivity (Wildman–Crippen MR) is 106 cm³/mol. The third kappa shape index (κ3) is 7.63. The summed E-state index contributed by atoms with van der Waals surface area (Å²) < 4.78 is 0. The summed E-state index contributed by atoms with van der Waals surface area (Å²) in [5, 5.41) is 27.4. The van der Waals surface area contributed by atoms with Crippen molar-refractivity contribution >= 4 is 5.97 Å². The molecule has 3 N–H and O–H groups in total. The molecule has 0 fully saturated rings. The molecule has 0 saturated heterocycles. The highest BCUT2D eigenvalue weighted by molar-refractivity contribution is 5.69. The highest BCUT2D eigenvalue weighted by atomic mass is 16.4. The van der Waals surface area contributed by atoms with E-state index in [2.05, 4.69) is 25.2 Å². The van der Waals surface area contributed by atoms with Gasteiger partial charge in [-0.1, -0.05) is 39.0 Å². The van der Waals surface area contributed by atoms with Crippen molar-refractivity contribution in [3.8, 4) is 0 Å². The third-order valence-corrected chi connectivity index (χ3v) is 5.79. The van der Waals surface area contributed by atoms with Crippen LogP contribution in [-0.4, -0.2) is 33.5 Å². The molecule has 0 aliphatic heterocycles. The van der Waals surface area contributed by atoms with E-state index < -0.39 is 12.1 Å². The average Bonchev–Trinajstić information content (AvgIpc) is 2.60. The summed E-state index contributed by atoms with van der Waals surface area (Å²) in [5.74, 6) is 1.09. The Morgan fingerprint density at radius 2 is 2.00 bits per heavy atom. The first-order valence-corrected chi connectivity index (χ1v) is 10.2. The number of aliphatic carboxylic acids is 1. The van der Waals surface area contributed by atoms with Gasteiger partial charge < -0.3 is 15.3 Å². The molecule has 4 heteroatoms. The van der Waals surface area contributed by atoms with Crippen molar-refractivity contribution < 1.29 is 20.1 Å². The summed E-state index contributed by atoms with van der Waals surface area (Å²) in [5.41, 5.74) is 1.53. The Morgan fingerprint density at radius 1 is 1.31 bits per heavy atom. The van der Waals surface area contributed by atoms with Gasteiger partial charge in [0.1, 0.15) is 0 Å². The standard InChI is InChI=1S/C17H28O2.C5H10O2/c1-12-7-8-14-5-3-4-6-17(14)16(12)10-9-15(19)11-13(2)18;1-3-4(2)5(6)7/h5,7-8,12-13,15-19H,3-4,6,9-11H2,1-2H3;4H,3H2,1-2H3,(H,6,7)/t12-,13-,15-,16-,17-;4-/m00/s1. The van der Waals surface area contributed by atoms with Crippen LogP contribution < -0.4 is 0 Å². The fraction of sp³-hybridized carbons (Fsp3) is 0.773. The van der Waals surface area contributed by atoms with Gasteiger partial charge in [-0.3, -0.25) is 4.79 Å². The second-order valence-corrected chi connectivity index (χ2v) is 8.09. The Bertz CT molecular complexity index is 481. The quantitative estimate of drug-likeness (QED) is 0.617. The van der Waals surface area contributed by atoms with E-state index in [0.717, 1.165) is 19.3 Å². The first-order chi connectivity index (χ1) is 12.3. The van der Waals surface area contributed by atoms with Crippen LogP contribution in [0.3, 0.4) is 0 Å². The zero-order chi connectivity index (χ0) is 19.7. The molecular weight excluding hydrogens is 328 g/mol. The van der Waals surface area contributed by atoms with E-state index in [-0.39, 0.29) is 12.0 Å². The fourth-order valence-corrected chi connectivity index (χ4v) is 3.88. The number of hydrogen-bond donors (Lipinski definition) is 3. The topological polar surface area (TPSA) is 77.8 Å². The Hall–Kier alpha value is -1.13. The summed E-state index contributed by atoms with van der Waals surface area (Å²) in [6.45, 7) is 7.60. The molecule has 0 aromatic rings. The summed E-state index contributed by atoms with van der Waals surface area (Å²) in [6, 6.07) is 0. The molecule has 4 nitrogen and oxygen atoms in total. The molecule has 2 rings (SSSR count). The van der Waals surface area contributed by atoms with Gasteiger partial charge in [0, 0.05) is 0 Å². The number of rotatable bonds is 7. The maximum Gasteiger partial charge on any atom is 0.306 e. The Labute approximate surface area is 159 Å². The van der Waals surface area contributed by atoms with Crippen LogP contribution in [0, 0.1) is 23.7 Å². The van der Waals surface area contributed by atoms with Crippen molar-refractivity contribution in [2.24, 2.45) is 23.7 Å². The maximum absolute atomic E-state index is 9.94. The molecule has 6 atom stereocenters. The number of aliphatic hydroxyl groups is 2. The van der Waals surface area contributed by atoms with Gasteiger partial charge in [0.2, 0.25) is 0 Å². The average molecular weight is 367 g/mol. The van der Waals surface area contributed by atoms with Crippen molar-refractivity contribution in [3.63, 3.8) is 0 Å². The van der Waals surface area contributed by atoms with Crippen LogP contribution in [0.1, 0.15) is 72.6 Å². The highest BCUT2D eigenvalue weighted by Crippen LogP contribution is 2.42. The summed E-state index contributed by atoms with van der Waals surface area (Å²) in [6.07, 6.45) is 13.2. The molecule has 0 radical (unpaired) electrons. The number of aliphatic hydroxyl groups excluding tert-OH is 2. The Morgan fingerprint density at radius 3 is 2.54 bits per heavy atom. The molecule has 150 valence electrons. The van der Waals surface area contributed by atoms with Crippen molar-refractivity contribution in [2.45, 2.75) is 84.8 Å². The second-order valence-electron chi connectivity index (χ2n) is 8.09. The zero-order valence-electron chi connectivity index (χ0n) is 16.9. The largest absolute Gasteiger partial charge is 0.481 e. The van der Waals surface area contributed by atoms with E-state index >= 15 is 0 Å². The lowest BCUT2D eigenvalue weighted by Crippen LogP contribution is -2.28. The lowest BCUT2D eigenvalue weighted by molar-refractivity contribution is -0.141. The van der Waals surface area contributed by atoms with Gasteiger partial charge >= 0.3 is 5.97 Å². The lowest BCUT2D eigenvalue weighted by atomic mass is 9.68. The van der Waals surface area contributed by atoms with E-state index in [1.807, 2.05) is 6.92 Å². The zero-order valence-corrected chi connectivity index (χ0v) is 16.9.